The molecule has 0 aromatic heterocycles. The highest BCUT2D eigenvalue weighted by atomic mass is 35.5. The molecule has 3 nitrogen and oxygen atoms in total. The summed E-state index contributed by atoms with van der Waals surface area (Å²) >= 11 is 5.80. The van der Waals surface area contributed by atoms with E-state index in [0.29, 0.717) is 6.54 Å². The number of hydrogen-bond acceptors (Lipinski definition) is 2. The molecule has 1 aromatic rings. The molecule has 0 saturated carbocycles. The fourth-order valence-electron chi connectivity index (χ4n) is 1.54. The predicted octanol–water partition coefficient (Wildman–Crippen LogP) is 2.08. The summed E-state index contributed by atoms with van der Waals surface area (Å²) in [6, 6.07) is 7.64. The molecule has 17 heavy (non-hydrogen) atoms. The summed E-state index contributed by atoms with van der Waals surface area (Å²) in [6.45, 7) is 4.09. The van der Waals surface area contributed by atoms with Gasteiger partial charge in [0.25, 0.3) is 0 Å². The first-order valence-corrected chi connectivity index (χ1v) is 5.97. The zero-order chi connectivity index (χ0) is 13.1. The molecule has 1 amide bonds. The Bertz CT molecular complexity index is 381. The van der Waals surface area contributed by atoms with Gasteiger partial charge in [-0.1, -0.05) is 23.7 Å². The maximum absolute atomic E-state index is 11.8. The Kier molecular flexibility index (Phi) is 4.54. The molecule has 2 N–H and O–H groups in total. The van der Waals surface area contributed by atoms with Gasteiger partial charge in [-0.15, -0.1) is 0 Å². The van der Waals surface area contributed by atoms with Crippen molar-refractivity contribution in [3.05, 3.63) is 34.9 Å². The molecule has 4 heteroatoms. The van der Waals surface area contributed by atoms with Gasteiger partial charge >= 0.3 is 0 Å². The van der Waals surface area contributed by atoms with E-state index in [2.05, 4.69) is 0 Å². The third kappa shape index (κ3) is 4.36. The van der Waals surface area contributed by atoms with Gasteiger partial charge in [-0.25, -0.2) is 0 Å². The molecule has 0 bridgehead atoms. The summed E-state index contributed by atoms with van der Waals surface area (Å²) in [5, 5.41) is 0.723. The van der Waals surface area contributed by atoms with Gasteiger partial charge < -0.3 is 10.6 Å². The molecule has 0 aliphatic heterocycles. The number of rotatable bonds is 4. The topological polar surface area (TPSA) is 46.3 Å². The van der Waals surface area contributed by atoms with Crippen LogP contribution < -0.4 is 5.73 Å². The van der Waals surface area contributed by atoms with Crippen molar-refractivity contribution >= 4 is 17.5 Å². The van der Waals surface area contributed by atoms with Crippen molar-refractivity contribution in [1.82, 2.24) is 4.90 Å². The van der Waals surface area contributed by atoms with Gasteiger partial charge in [-0.05, 0) is 38.0 Å². The van der Waals surface area contributed by atoms with Crippen LogP contribution >= 0.6 is 11.6 Å². The minimum atomic E-state index is -0.811. The van der Waals surface area contributed by atoms with Crippen LogP contribution in [-0.2, 0) is 11.2 Å². The highest BCUT2D eigenvalue weighted by Gasteiger charge is 2.25. The van der Waals surface area contributed by atoms with Crippen LogP contribution in [0.3, 0.4) is 0 Å². The summed E-state index contributed by atoms with van der Waals surface area (Å²) in [4.78, 5) is 13.5. The van der Waals surface area contributed by atoms with Gasteiger partial charge in [-0.3, -0.25) is 4.79 Å². The monoisotopic (exact) mass is 254 g/mol. The van der Waals surface area contributed by atoms with Gasteiger partial charge in [0.15, 0.2) is 0 Å². The van der Waals surface area contributed by atoms with Crippen LogP contribution in [0, 0.1) is 0 Å². The third-order valence-corrected chi connectivity index (χ3v) is 2.80. The summed E-state index contributed by atoms with van der Waals surface area (Å²) in [5.41, 5.74) is 6.11. The number of nitrogens with two attached hydrogens (primary N) is 1. The molecule has 0 spiro atoms. The zero-order valence-electron chi connectivity index (χ0n) is 10.5. The Morgan fingerprint density at radius 2 is 1.88 bits per heavy atom. The van der Waals surface area contributed by atoms with E-state index in [4.69, 9.17) is 17.3 Å². The molecule has 0 saturated heterocycles. The van der Waals surface area contributed by atoms with Crippen molar-refractivity contribution < 1.29 is 4.79 Å². The predicted molar refractivity (Wildman–Crippen MR) is 71.1 cm³/mol. The number of halogens is 1. The van der Waals surface area contributed by atoms with E-state index < -0.39 is 5.54 Å². The first-order valence-electron chi connectivity index (χ1n) is 5.59. The molecule has 0 aliphatic carbocycles. The van der Waals surface area contributed by atoms with Crippen molar-refractivity contribution in [2.75, 3.05) is 13.6 Å². The molecule has 0 aliphatic rings. The fourth-order valence-corrected chi connectivity index (χ4v) is 1.67. The molecule has 0 unspecified atom stereocenters. The molecule has 0 atom stereocenters. The second-order valence-electron chi connectivity index (χ2n) is 4.82. The molecule has 1 aromatic carbocycles. The SMILES string of the molecule is CN(CCc1ccc(Cl)cc1)C(=O)C(C)(C)N. The average Bonchev–Trinajstić information content (AvgIpc) is 2.25. The highest BCUT2D eigenvalue weighted by Crippen LogP contribution is 2.11. The smallest absolute Gasteiger partial charge is 0.241 e. The van der Waals surface area contributed by atoms with Crippen LogP contribution in [0.1, 0.15) is 19.4 Å². The van der Waals surface area contributed by atoms with Gasteiger partial charge in [0, 0.05) is 18.6 Å². The summed E-state index contributed by atoms with van der Waals surface area (Å²) in [7, 11) is 1.77. The second-order valence-corrected chi connectivity index (χ2v) is 5.26. The Morgan fingerprint density at radius 3 is 2.35 bits per heavy atom. The van der Waals surface area contributed by atoms with Crippen molar-refractivity contribution in [2.45, 2.75) is 25.8 Å². The standard InChI is InChI=1S/C13H19ClN2O/c1-13(2,15)12(17)16(3)9-8-10-4-6-11(14)7-5-10/h4-7H,8-9,15H2,1-3H3. The minimum absolute atomic E-state index is 0.0496. The van der Waals surface area contributed by atoms with E-state index in [1.165, 1.54) is 0 Å². The van der Waals surface area contributed by atoms with Crippen molar-refractivity contribution in [1.29, 1.82) is 0 Å². The molecule has 0 fully saturated rings. The Morgan fingerprint density at radius 1 is 1.35 bits per heavy atom. The van der Waals surface area contributed by atoms with E-state index in [1.807, 2.05) is 24.3 Å². The lowest BCUT2D eigenvalue weighted by molar-refractivity contribution is -0.134. The molecule has 0 radical (unpaired) electrons. The number of benzene rings is 1. The van der Waals surface area contributed by atoms with E-state index in [-0.39, 0.29) is 5.91 Å². The average molecular weight is 255 g/mol. The number of carbonyl (C=O) groups is 1. The summed E-state index contributed by atoms with van der Waals surface area (Å²) < 4.78 is 0. The lowest BCUT2D eigenvalue weighted by Crippen LogP contribution is -2.50. The van der Waals surface area contributed by atoms with E-state index in [1.54, 1.807) is 25.8 Å². The minimum Gasteiger partial charge on any atom is -0.344 e. The van der Waals surface area contributed by atoms with Crippen LogP contribution in [0.25, 0.3) is 0 Å². The lowest BCUT2D eigenvalue weighted by atomic mass is 10.1. The maximum atomic E-state index is 11.8. The second kappa shape index (κ2) is 5.52. The first kappa shape index (κ1) is 14.0. The molecule has 0 heterocycles. The van der Waals surface area contributed by atoms with E-state index >= 15 is 0 Å². The first-order chi connectivity index (χ1) is 7.80. The van der Waals surface area contributed by atoms with Crippen LogP contribution in [0.2, 0.25) is 5.02 Å². The number of nitrogens with zero attached hydrogens (tertiary/aromatic N) is 1. The number of likely N-dealkylation sites (N-methyl/N-ethyl adjacent to an activating group) is 1. The highest BCUT2D eigenvalue weighted by molar-refractivity contribution is 6.30. The molecular formula is C13H19ClN2O. The Labute approximate surface area is 108 Å². The Hall–Kier alpha value is -1.06. The number of carbonyl (C=O) groups excluding carboxylic acids is 1. The van der Waals surface area contributed by atoms with E-state index in [9.17, 15) is 4.79 Å². The summed E-state index contributed by atoms with van der Waals surface area (Å²) in [5.74, 6) is -0.0496. The van der Waals surface area contributed by atoms with E-state index in [0.717, 1.165) is 17.0 Å². The van der Waals surface area contributed by atoms with Gasteiger partial charge in [-0.2, -0.15) is 0 Å². The maximum Gasteiger partial charge on any atom is 0.241 e. The van der Waals surface area contributed by atoms with Gasteiger partial charge in [0.05, 0.1) is 5.54 Å². The van der Waals surface area contributed by atoms with Crippen molar-refractivity contribution in [2.24, 2.45) is 5.73 Å². The zero-order valence-corrected chi connectivity index (χ0v) is 11.3. The van der Waals surface area contributed by atoms with Crippen LogP contribution in [0.15, 0.2) is 24.3 Å². The molecule has 1 rings (SSSR count). The third-order valence-electron chi connectivity index (χ3n) is 2.55. The van der Waals surface area contributed by atoms with Gasteiger partial charge in [0.2, 0.25) is 5.91 Å². The number of hydrogen-bond donors (Lipinski definition) is 1. The van der Waals surface area contributed by atoms with Crippen molar-refractivity contribution in [3.8, 4) is 0 Å². The quantitative estimate of drug-likeness (QED) is 0.894. The lowest BCUT2D eigenvalue weighted by Gasteiger charge is -2.25. The number of amides is 1. The summed E-state index contributed by atoms with van der Waals surface area (Å²) in [6.07, 6.45) is 0.801. The Balaban J connectivity index is 2.51. The van der Waals surface area contributed by atoms with Crippen LogP contribution in [-0.4, -0.2) is 29.9 Å². The van der Waals surface area contributed by atoms with Crippen molar-refractivity contribution in [3.63, 3.8) is 0 Å². The fraction of sp³-hybridized carbons (Fsp3) is 0.462. The van der Waals surface area contributed by atoms with Crippen LogP contribution in [0.4, 0.5) is 0 Å². The van der Waals surface area contributed by atoms with Crippen LogP contribution in [0.5, 0.6) is 0 Å². The molecular weight excluding hydrogens is 236 g/mol. The van der Waals surface area contributed by atoms with Gasteiger partial charge in [0.1, 0.15) is 0 Å². The largest absolute Gasteiger partial charge is 0.344 e. The normalized spacial score (nSPS) is 11.4. The molecule has 94 valence electrons.